The van der Waals surface area contributed by atoms with Gasteiger partial charge in [0.15, 0.2) is 12.1 Å². The fraction of sp³-hybridized carbons (Fsp3) is 0.429. The Kier molecular flexibility index (Phi) is 2.25. The van der Waals surface area contributed by atoms with E-state index in [2.05, 4.69) is 4.98 Å². The van der Waals surface area contributed by atoms with E-state index >= 15 is 0 Å². The van der Waals surface area contributed by atoms with Crippen LogP contribution in [0, 0.1) is 6.92 Å². The molecule has 0 saturated carbocycles. The number of carbonyl (C=O) groups excluding carboxylic acids is 1. The summed E-state index contributed by atoms with van der Waals surface area (Å²) in [6, 6.07) is 0. The standard InChI is InChI=1S/C7H9NO3/c1-3-10-7(9)6-5(2)11-4-8-6/h4H,3H2,1-2H3. The first-order valence-electron chi connectivity index (χ1n) is 3.33. The van der Waals surface area contributed by atoms with E-state index in [1.165, 1.54) is 6.39 Å². The van der Waals surface area contributed by atoms with Gasteiger partial charge in [0.05, 0.1) is 6.61 Å². The third-order valence-electron chi connectivity index (χ3n) is 1.21. The molecule has 0 aliphatic carbocycles. The van der Waals surface area contributed by atoms with Gasteiger partial charge < -0.3 is 9.15 Å². The highest BCUT2D eigenvalue weighted by molar-refractivity contribution is 5.88. The van der Waals surface area contributed by atoms with Crippen molar-refractivity contribution in [1.29, 1.82) is 0 Å². The van der Waals surface area contributed by atoms with Crippen LogP contribution in [0.3, 0.4) is 0 Å². The first-order chi connectivity index (χ1) is 5.25. The van der Waals surface area contributed by atoms with Crippen molar-refractivity contribution >= 4 is 5.97 Å². The minimum absolute atomic E-state index is 0.256. The summed E-state index contributed by atoms with van der Waals surface area (Å²) in [5, 5.41) is 0. The van der Waals surface area contributed by atoms with Crippen molar-refractivity contribution in [3.63, 3.8) is 0 Å². The second kappa shape index (κ2) is 3.18. The molecule has 4 nitrogen and oxygen atoms in total. The molecule has 4 heteroatoms. The lowest BCUT2D eigenvalue weighted by Crippen LogP contribution is -2.06. The van der Waals surface area contributed by atoms with Gasteiger partial charge >= 0.3 is 5.97 Å². The predicted octanol–water partition coefficient (Wildman–Crippen LogP) is 1.16. The Hall–Kier alpha value is -1.32. The molecule has 0 atom stereocenters. The van der Waals surface area contributed by atoms with E-state index in [0.717, 1.165) is 0 Å². The zero-order chi connectivity index (χ0) is 8.27. The number of aryl methyl sites for hydroxylation is 1. The van der Waals surface area contributed by atoms with E-state index in [-0.39, 0.29) is 5.69 Å². The van der Waals surface area contributed by atoms with Crippen LogP contribution in [0.2, 0.25) is 0 Å². The quantitative estimate of drug-likeness (QED) is 0.601. The monoisotopic (exact) mass is 155 g/mol. The van der Waals surface area contributed by atoms with Crippen LogP contribution in [0.1, 0.15) is 23.2 Å². The number of carbonyl (C=O) groups is 1. The van der Waals surface area contributed by atoms with Crippen molar-refractivity contribution < 1.29 is 13.9 Å². The molecular formula is C7H9NO3. The van der Waals surface area contributed by atoms with Crippen LogP contribution in [0.15, 0.2) is 10.8 Å². The van der Waals surface area contributed by atoms with Crippen molar-refractivity contribution in [2.24, 2.45) is 0 Å². The smallest absolute Gasteiger partial charge is 0.360 e. The minimum atomic E-state index is -0.432. The van der Waals surface area contributed by atoms with Gasteiger partial charge in [-0.2, -0.15) is 0 Å². The summed E-state index contributed by atoms with van der Waals surface area (Å²) in [6.45, 7) is 3.76. The summed E-state index contributed by atoms with van der Waals surface area (Å²) in [7, 11) is 0. The fourth-order valence-corrected chi connectivity index (χ4v) is 0.701. The molecule has 0 radical (unpaired) electrons. The predicted molar refractivity (Wildman–Crippen MR) is 37.2 cm³/mol. The molecule has 1 heterocycles. The molecule has 1 aromatic rings. The molecule has 0 fully saturated rings. The molecule has 0 saturated heterocycles. The fourth-order valence-electron chi connectivity index (χ4n) is 0.701. The molecule has 60 valence electrons. The molecule has 0 unspecified atom stereocenters. The van der Waals surface area contributed by atoms with E-state index < -0.39 is 5.97 Å². The van der Waals surface area contributed by atoms with Gasteiger partial charge in [-0.1, -0.05) is 0 Å². The summed E-state index contributed by atoms with van der Waals surface area (Å²) in [5.74, 6) is 0.0576. The summed E-state index contributed by atoms with van der Waals surface area (Å²) in [6.07, 6.45) is 1.22. The maximum Gasteiger partial charge on any atom is 0.360 e. The number of ether oxygens (including phenoxy) is 1. The number of hydrogen-bond acceptors (Lipinski definition) is 4. The van der Waals surface area contributed by atoms with Gasteiger partial charge in [0, 0.05) is 0 Å². The Morgan fingerprint density at radius 1 is 1.82 bits per heavy atom. The van der Waals surface area contributed by atoms with Crippen LogP contribution in [0.25, 0.3) is 0 Å². The van der Waals surface area contributed by atoms with Crippen LogP contribution in [0.5, 0.6) is 0 Å². The summed E-state index contributed by atoms with van der Waals surface area (Å²) in [5.41, 5.74) is 0.256. The van der Waals surface area contributed by atoms with E-state index in [4.69, 9.17) is 9.15 Å². The third kappa shape index (κ3) is 1.58. The van der Waals surface area contributed by atoms with Crippen LogP contribution in [-0.4, -0.2) is 17.6 Å². The SMILES string of the molecule is CCOC(=O)c1ncoc1C. The largest absolute Gasteiger partial charge is 0.461 e. The van der Waals surface area contributed by atoms with Crippen LogP contribution < -0.4 is 0 Å². The molecule has 0 amide bonds. The minimum Gasteiger partial charge on any atom is -0.461 e. The molecule has 0 aliphatic rings. The lowest BCUT2D eigenvalue weighted by atomic mass is 10.4. The molecule has 0 N–H and O–H groups in total. The zero-order valence-corrected chi connectivity index (χ0v) is 6.46. The lowest BCUT2D eigenvalue weighted by molar-refractivity contribution is 0.0518. The Morgan fingerprint density at radius 2 is 2.55 bits per heavy atom. The molecule has 11 heavy (non-hydrogen) atoms. The Bertz CT molecular complexity index is 254. The average molecular weight is 155 g/mol. The average Bonchev–Trinajstić information content (AvgIpc) is 2.36. The van der Waals surface area contributed by atoms with Gasteiger partial charge in [0.1, 0.15) is 5.76 Å². The zero-order valence-electron chi connectivity index (χ0n) is 6.46. The number of rotatable bonds is 2. The Morgan fingerprint density at radius 3 is 3.00 bits per heavy atom. The van der Waals surface area contributed by atoms with E-state index in [9.17, 15) is 4.79 Å². The maximum atomic E-state index is 11.0. The molecule has 1 rings (SSSR count). The Labute approximate surface area is 64.2 Å². The van der Waals surface area contributed by atoms with Crippen molar-refractivity contribution in [3.8, 4) is 0 Å². The van der Waals surface area contributed by atoms with Crippen molar-refractivity contribution in [3.05, 3.63) is 17.8 Å². The van der Waals surface area contributed by atoms with E-state index in [0.29, 0.717) is 12.4 Å². The number of hydrogen-bond donors (Lipinski definition) is 0. The van der Waals surface area contributed by atoms with Crippen LogP contribution in [-0.2, 0) is 4.74 Å². The summed E-state index contributed by atoms with van der Waals surface area (Å²) >= 11 is 0. The highest BCUT2D eigenvalue weighted by atomic mass is 16.5. The van der Waals surface area contributed by atoms with Crippen molar-refractivity contribution in [2.75, 3.05) is 6.61 Å². The second-order valence-electron chi connectivity index (χ2n) is 1.98. The first kappa shape index (κ1) is 7.78. The highest BCUT2D eigenvalue weighted by Crippen LogP contribution is 2.05. The number of oxazole rings is 1. The van der Waals surface area contributed by atoms with E-state index in [1.54, 1.807) is 13.8 Å². The molecule has 1 aromatic heterocycles. The normalized spacial score (nSPS) is 9.64. The molecular weight excluding hydrogens is 146 g/mol. The van der Waals surface area contributed by atoms with Crippen molar-refractivity contribution in [2.45, 2.75) is 13.8 Å². The summed E-state index contributed by atoms with van der Waals surface area (Å²) in [4.78, 5) is 14.7. The van der Waals surface area contributed by atoms with Gasteiger partial charge in [0.2, 0.25) is 0 Å². The second-order valence-corrected chi connectivity index (χ2v) is 1.98. The van der Waals surface area contributed by atoms with Gasteiger partial charge in [-0.05, 0) is 13.8 Å². The topological polar surface area (TPSA) is 52.3 Å². The van der Waals surface area contributed by atoms with Gasteiger partial charge in [0.25, 0.3) is 0 Å². The van der Waals surface area contributed by atoms with E-state index in [1.807, 2.05) is 0 Å². The maximum absolute atomic E-state index is 11.0. The number of esters is 1. The van der Waals surface area contributed by atoms with Crippen molar-refractivity contribution in [1.82, 2.24) is 4.98 Å². The Balaban J connectivity index is 2.76. The van der Waals surface area contributed by atoms with Crippen LogP contribution >= 0.6 is 0 Å². The lowest BCUT2D eigenvalue weighted by Gasteiger charge is -1.96. The molecule has 0 bridgehead atoms. The third-order valence-corrected chi connectivity index (χ3v) is 1.21. The molecule has 0 aliphatic heterocycles. The number of aromatic nitrogens is 1. The molecule has 0 aromatic carbocycles. The number of nitrogens with zero attached hydrogens (tertiary/aromatic N) is 1. The van der Waals surface area contributed by atoms with Gasteiger partial charge in [-0.25, -0.2) is 9.78 Å². The summed E-state index contributed by atoms with van der Waals surface area (Å²) < 4.78 is 9.53. The first-order valence-corrected chi connectivity index (χ1v) is 3.33. The highest BCUT2D eigenvalue weighted by Gasteiger charge is 2.13. The van der Waals surface area contributed by atoms with Gasteiger partial charge in [-0.15, -0.1) is 0 Å². The van der Waals surface area contributed by atoms with Crippen LogP contribution in [0.4, 0.5) is 0 Å². The molecule has 0 spiro atoms. The van der Waals surface area contributed by atoms with Gasteiger partial charge in [-0.3, -0.25) is 0 Å².